The normalized spacial score (nSPS) is 14.3. The highest BCUT2D eigenvalue weighted by Gasteiger charge is 2.36. The van der Waals surface area contributed by atoms with Crippen LogP contribution in [0.25, 0.3) is 6.08 Å². The molecule has 3 aromatic carbocycles. The number of rotatable bonds is 12. The van der Waals surface area contributed by atoms with Gasteiger partial charge in [0.1, 0.15) is 29.9 Å². The Morgan fingerprint density at radius 2 is 1.76 bits per heavy atom. The maximum Gasteiger partial charge on any atom is 0.338 e. The lowest BCUT2D eigenvalue weighted by atomic mass is 9.93. The van der Waals surface area contributed by atoms with E-state index in [-0.39, 0.29) is 29.9 Å². The number of carboxylic acid groups (broad SMARTS) is 1. The molecule has 0 aliphatic carbocycles. The minimum Gasteiger partial charge on any atom is -0.497 e. The molecule has 0 saturated heterocycles. The van der Waals surface area contributed by atoms with Gasteiger partial charge in [0.15, 0.2) is 4.80 Å². The molecule has 0 bridgehead atoms. The van der Waals surface area contributed by atoms with E-state index in [9.17, 15) is 19.5 Å². The first kappa shape index (κ1) is 32.2. The predicted molar refractivity (Wildman–Crippen MR) is 173 cm³/mol. The second kappa shape index (κ2) is 14.3. The maximum absolute atomic E-state index is 14.3. The molecule has 1 N–H and O–H groups in total. The van der Waals surface area contributed by atoms with Crippen LogP contribution in [0.5, 0.6) is 17.2 Å². The van der Waals surface area contributed by atoms with Gasteiger partial charge in [0.2, 0.25) is 0 Å². The zero-order valence-corrected chi connectivity index (χ0v) is 26.8. The van der Waals surface area contributed by atoms with Crippen molar-refractivity contribution in [1.29, 1.82) is 0 Å². The van der Waals surface area contributed by atoms with Gasteiger partial charge in [0.05, 0.1) is 42.2 Å². The lowest BCUT2D eigenvalue weighted by Gasteiger charge is -2.27. The molecule has 1 aliphatic rings. The summed E-state index contributed by atoms with van der Waals surface area (Å²) >= 11 is 1.22. The van der Waals surface area contributed by atoms with E-state index in [0.29, 0.717) is 49.8 Å². The van der Waals surface area contributed by atoms with Crippen LogP contribution in [0, 0.1) is 0 Å². The number of allylic oxidation sites excluding steroid dienone is 1. The summed E-state index contributed by atoms with van der Waals surface area (Å²) in [7, 11) is 3.08. The van der Waals surface area contributed by atoms with E-state index in [1.54, 1.807) is 56.5 Å². The predicted octanol–water partition coefficient (Wildman–Crippen LogP) is 4.87. The summed E-state index contributed by atoms with van der Waals surface area (Å²) in [6, 6.07) is 18.2. The molecule has 0 spiro atoms. The van der Waals surface area contributed by atoms with Crippen LogP contribution in [0.4, 0.5) is 0 Å². The van der Waals surface area contributed by atoms with E-state index in [1.807, 2.05) is 25.1 Å². The van der Waals surface area contributed by atoms with E-state index in [0.717, 1.165) is 12.0 Å². The van der Waals surface area contributed by atoms with Crippen LogP contribution in [0.3, 0.4) is 0 Å². The number of ether oxygens (including phenoxy) is 4. The fourth-order valence-electron chi connectivity index (χ4n) is 5.25. The Hall–Kier alpha value is -5.16. The van der Waals surface area contributed by atoms with E-state index < -0.39 is 18.0 Å². The molecule has 2 heterocycles. The fourth-order valence-corrected chi connectivity index (χ4v) is 6.26. The molecule has 1 atom stereocenters. The van der Waals surface area contributed by atoms with Gasteiger partial charge >= 0.3 is 11.9 Å². The molecule has 1 aromatic heterocycles. The number of thiazole rings is 1. The van der Waals surface area contributed by atoms with Crippen molar-refractivity contribution in [3.8, 4) is 17.2 Å². The number of aromatic carboxylic acids is 1. The Morgan fingerprint density at radius 1 is 1.00 bits per heavy atom. The maximum atomic E-state index is 14.3. The average Bonchev–Trinajstić information content (AvgIpc) is 3.37. The number of fused-ring (bicyclic) bond motifs is 1. The molecule has 0 saturated carbocycles. The summed E-state index contributed by atoms with van der Waals surface area (Å²) in [5, 5.41) is 9.18. The van der Waals surface area contributed by atoms with E-state index >= 15 is 0 Å². The van der Waals surface area contributed by atoms with Crippen molar-refractivity contribution < 1.29 is 33.6 Å². The monoisotopic (exact) mass is 642 g/mol. The first-order valence-corrected chi connectivity index (χ1v) is 15.6. The quantitative estimate of drug-likeness (QED) is 0.217. The van der Waals surface area contributed by atoms with Crippen LogP contribution in [0.15, 0.2) is 87.8 Å². The van der Waals surface area contributed by atoms with Crippen molar-refractivity contribution in [3.05, 3.63) is 120 Å². The van der Waals surface area contributed by atoms with Gasteiger partial charge in [-0.3, -0.25) is 9.36 Å². The van der Waals surface area contributed by atoms with Gasteiger partial charge in [-0.2, -0.15) is 0 Å². The molecular formula is C35H34N2O8S. The number of aromatic nitrogens is 1. The van der Waals surface area contributed by atoms with Gasteiger partial charge in [-0.05, 0) is 61.4 Å². The summed E-state index contributed by atoms with van der Waals surface area (Å²) in [4.78, 5) is 44.3. The number of carbonyl (C=O) groups is 2. The van der Waals surface area contributed by atoms with Crippen molar-refractivity contribution >= 4 is 29.4 Å². The molecule has 0 unspecified atom stereocenters. The number of benzene rings is 3. The topological polar surface area (TPSA) is 126 Å². The van der Waals surface area contributed by atoms with Gasteiger partial charge < -0.3 is 24.1 Å². The molecule has 11 heteroatoms. The van der Waals surface area contributed by atoms with Crippen LogP contribution >= 0.6 is 11.3 Å². The number of methoxy groups -OCH3 is 2. The molecule has 0 amide bonds. The van der Waals surface area contributed by atoms with Crippen LogP contribution in [-0.2, 0) is 16.1 Å². The summed E-state index contributed by atoms with van der Waals surface area (Å²) < 4.78 is 24.7. The molecule has 5 rings (SSSR count). The number of esters is 1. The van der Waals surface area contributed by atoms with Gasteiger partial charge in [-0.15, -0.1) is 0 Å². The molecular weight excluding hydrogens is 608 g/mol. The van der Waals surface area contributed by atoms with Crippen molar-refractivity contribution in [2.75, 3.05) is 20.8 Å². The summed E-state index contributed by atoms with van der Waals surface area (Å²) in [5.74, 6) is 0.0194. The Bertz CT molecular complexity index is 1970. The number of para-hydroxylation sites is 1. The average molecular weight is 643 g/mol. The third-order valence-electron chi connectivity index (χ3n) is 7.42. The molecule has 0 radical (unpaired) electrons. The molecule has 1 aliphatic heterocycles. The van der Waals surface area contributed by atoms with Crippen LogP contribution in [0.2, 0.25) is 0 Å². The zero-order valence-electron chi connectivity index (χ0n) is 25.9. The van der Waals surface area contributed by atoms with Crippen molar-refractivity contribution in [1.82, 2.24) is 4.57 Å². The highest BCUT2D eigenvalue weighted by molar-refractivity contribution is 7.07. The van der Waals surface area contributed by atoms with Crippen LogP contribution in [-0.4, -0.2) is 42.4 Å². The van der Waals surface area contributed by atoms with E-state index in [2.05, 4.69) is 0 Å². The molecule has 10 nitrogen and oxygen atoms in total. The highest BCUT2D eigenvalue weighted by atomic mass is 32.1. The smallest absolute Gasteiger partial charge is 0.338 e. The number of hydrogen-bond donors (Lipinski definition) is 1. The highest BCUT2D eigenvalue weighted by Crippen LogP contribution is 2.38. The first-order chi connectivity index (χ1) is 22.3. The van der Waals surface area contributed by atoms with Gasteiger partial charge in [-0.1, -0.05) is 55.0 Å². The Morgan fingerprint density at radius 3 is 2.43 bits per heavy atom. The second-order valence-electron chi connectivity index (χ2n) is 10.4. The molecule has 238 valence electrons. The van der Waals surface area contributed by atoms with Gasteiger partial charge in [0, 0.05) is 11.1 Å². The summed E-state index contributed by atoms with van der Waals surface area (Å²) in [6.45, 7) is 4.09. The lowest BCUT2D eigenvalue weighted by Crippen LogP contribution is -2.40. The lowest BCUT2D eigenvalue weighted by molar-refractivity contribution is -0.139. The van der Waals surface area contributed by atoms with Gasteiger partial charge in [0.25, 0.3) is 5.56 Å². The molecule has 4 aromatic rings. The number of hydrogen-bond acceptors (Lipinski definition) is 9. The minimum atomic E-state index is -0.998. The third-order valence-corrected chi connectivity index (χ3v) is 8.41. The van der Waals surface area contributed by atoms with Gasteiger partial charge in [-0.25, -0.2) is 14.6 Å². The number of nitrogens with zero attached hydrogens (tertiary/aromatic N) is 2. The standard InChI is InChI=1S/C35H34N2O8S/c1-5-9-26-30(34(41)44-6-2)31(25-19-24(42-3)16-17-28(25)43-4)37-32(38)29(46-35(37)36-26)18-23-10-7-8-11-27(23)45-20-21-12-14-22(15-13-21)33(39)40/h7-8,10-19,31H,5-6,9,20H2,1-4H3,(H,39,40)/b29-18-/t31-/m0/s1. The third kappa shape index (κ3) is 6.59. The fraction of sp³-hybridized carbons (Fsp3) is 0.257. The van der Waals surface area contributed by atoms with E-state index in [4.69, 9.17) is 23.9 Å². The number of carboxylic acids is 1. The number of carbonyl (C=O) groups excluding carboxylic acids is 1. The van der Waals surface area contributed by atoms with Crippen LogP contribution in [0.1, 0.15) is 59.8 Å². The Balaban J connectivity index is 1.64. The van der Waals surface area contributed by atoms with Crippen molar-refractivity contribution in [2.24, 2.45) is 4.99 Å². The molecule has 0 fully saturated rings. The van der Waals surface area contributed by atoms with E-state index in [1.165, 1.54) is 35.1 Å². The first-order valence-electron chi connectivity index (χ1n) is 14.8. The summed E-state index contributed by atoms with van der Waals surface area (Å²) in [6.07, 6.45) is 2.98. The zero-order chi connectivity index (χ0) is 32.8. The molecule has 46 heavy (non-hydrogen) atoms. The SMILES string of the molecule is CCCC1=C(C(=O)OCC)[C@H](c2cc(OC)ccc2OC)n2c(s/c(=C\c3ccccc3OCc3ccc(C(=O)O)cc3)c2=O)=N1. The van der Waals surface area contributed by atoms with Crippen molar-refractivity contribution in [2.45, 2.75) is 39.3 Å². The largest absolute Gasteiger partial charge is 0.497 e. The van der Waals surface area contributed by atoms with Crippen molar-refractivity contribution in [3.63, 3.8) is 0 Å². The van der Waals surface area contributed by atoms with Crippen LogP contribution < -0.4 is 29.1 Å². The summed E-state index contributed by atoms with van der Waals surface area (Å²) in [5.41, 5.74) is 2.73. The Kier molecular flexibility index (Phi) is 10.0. The second-order valence-corrected chi connectivity index (χ2v) is 11.4. The minimum absolute atomic E-state index is 0.161. The Labute approximate surface area is 269 Å².